The molecule has 8 heteroatoms. The number of nitrogens with one attached hydrogen (secondary N) is 2. The van der Waals surface area contributed by atoms with Crippen molar-refractivity contribution in [2.24, 2.45) is 0 Å². The molecule has 0 spiro atoms. The Hall–Kier alpha value is -3.16. The highest BCUT2D eigenvalue weighted by atomic mass is 35.5. The van der Waals surface area contributed by atoms with E-state index in [1.165, 1.54) is 26.0 Å². The second-order valence-electron chi connectivity index (χ2n) is 6.82. The summed E-state index contributed by atoms with van der Waals surface area (Å²) in [6.07, 6.45) is 0. The number of ether oxygens (including phenoxy) is 2. The molecule has 2 amide bonds. The van der Waals surface area contributed by atoms with Crippen molar-refractivity contribution in [2.45, 2.75) is 11.8 Å². The summed E-state index contributed by atoms with van der Waals surface area (Å²) in [4.78, 5) is 25.7. The van der Waals surface area contributed by atoms with Crippen LogP contribution in [-0.4, -0.2) is 31.8 Å². The first-order valence-electron chi connectivity index (χ1n) is 9.72. The van der Waals surface area contributed by atoms with Crippen LogP contribution in [0.1, 0.15) is 15.9 Å². The number of aryl methyl sites for hydroxylation is 1. The third-order valence-corrected chi connectivity index (χ3v) is 5.93. The molecule has 0 saturated carbocycles. The maximum absolute atomic E-state index is 12.4. The molecule has 3 rings (SSSR count). The number of carbonyl (C=O) groups excluding carboxylic acids is 2. The van der Waals surface area contributed by atoms with E-state index < -0.39 is 0 Å². The minimum Gasteiger partial charge on any atom is -0.495 e. The third kappa shape index (κ3) is 5.96. The van der Waals surface area contributed by atoms with E-state index in [0.717, 1.165) is 10.5 Å². The van der Waals surface area contributed by atoms with Crippen LogP contribution in [0.15, 0.2) is 65.6 Å². The number of thioether (sulfide) groups is 1. The summed E-state index contributed by atoms with van der Waals surface area (Å²) in [5, 5.41) is 6.06. The van der Waals surface area contributed by atoms with Crippen LogP contribution in [0.4, 0.5) is 11.4 Å². The van der Waals surface area contributed by atoms with Crippen LogP contribution in [-0.2, 0) is 4.79 Å². The summed E-state index contributed by atoms with van der Waals surface area (Å²) in [6, 6.07) is 18.0. The number of rotatable bonds is 8. The normalized spacial score (nSPS) is 10.4. The number of carbonyl (C=O) groups is 2. The van der Waals surface area contributed by atoms with Gasteiger partial charge in [0.25, 0.3) is 5.91 Å². The molecule has 0 aliphatic carbocycles. The number of hydrogen-bond acceptors (Lipinski definition) is 5. The molecule has 32 heavy (non-hydrogen) atoms. The number of amides is 2. The number of benzene rings is 3. The molecule has 0 aliphatic heterocycles. The average Bonchev–Trinajstić information content (AvgIpc) is 2.79. The highest BCUT2D eigenvalue weighted by Crippen LogP contribution is 2.36. The molecule has 2 N–H and O–H groups in total. The highest BCUT2D eigenvalue weighted by molar-refractivity contribution is 8.00. The van der Waals surface area contributed by atoms with Gasteiger partial charge in [-0.2, -0.15) is 0 Å². The van der Waals surface area contributed by atoms with Crippen LogP contribution in [0.2, 0.25) is 5.02 Å². The SMILES string of the molecule is COc1cc(OC)c(NC(=O)CSc2ccc(NC(=O)c3ccccc3C)cc2)cc1Cl. The van der Waals surface area contributed by atoms with Gasteiger partial charge in [0.1, 0.15) is 11.5 Å². The van der Waals surface area contributed by atoms with Crippen molar-refractivity contribution in [1.29, 1.82) is 0 Å². The molecule has 0 fully saturated rings. The first-order valence-corrected chi connectivity index (χ1v) is 11.1. The van der Waals surface area contributed by atoms with Crippen molar-refractivity contribution >= 4 is 46.6 Å². The zero-order valence-electron chi connectivity index (χ0n) is 17.9. The Morgan fingerprint density at radius 2 is 1.62 bits per heavy atom. The van der Waals surface area contributed by atoms with E-state index in [4.69, 9.17) is 21.1 Å². The summed E-state index contributed by atoms with van der Waals surface area (Å²) in [7, 11) is 3.02. The minimum atomic E-state index is -0.202. The van der Waals surface area contributed by atoms with E-state index in [1.807, 2.05) is 49.4 Å². The van der Waals surface area contributed by atoms with Gasteiger partial charge < -0.3 is 20.1 Å². The molecule has 3 aromatic carbocycles. The smallest absolute Gasteiger partial charge is 0.255 e. The molecule has 0 bridgehead atoms. The quantitative estimate of drug-likeness (QED) is 0.416. The minimum absolute atomic E-state index is 0.157. The maximum atomic E-state index is 12.4. The van der Waals surface area contributed by atoms with E-state index in [-0.39, 0.29) is 17.6 Å². The fourth-order valence-electron chi connectivity index (χ4n) is 2.95. The van der Waals surface area contributed by atoms with Crippen molar-refractivity contribution in [3.63, 3.8) is 0 Å². The van der Waals surface area contributed by atoms with E-state index in [2.05, 4.69) is 10.6 Å². The Morgan fingerprint density at radius 1 is 0.938 bits per heavy atom. The van der Waals surface area contributed by atoms with Crippen molar-refractivity contribution in [1.82, 2.24) is 0 Å². The predicted octanol–water partition coefficient (Wildman–Crippen LogP) is 5.65. The van der Waals surface area contributed by atoms with E-state index >= 15 is 0 Å². The van der Waals surface area contributed by atoms with Gasteiger partial charge in [0.05, 0.1) is 30.7 Å². The van der Waals surface area contributed by atoms with Crippen LogP contribution in [0.5, 0.6) is 11.5 Å². The Bertz CT molecular complexity index is 1120. The molecule has 0 saturated heterocycles. The van der Waals surface area contributed by atoms with Crippen molar-refractivity contribution in [2.75, 3.05) is 30.6 Å². The lowest BCUT2D eigenvalue weighted by atomic mass is 10.1. The molecular formula is C24H23ClN2O4S. The Balaban J connectivity index is 1.56. The van der Waals surface area contributed by atoms with Crippen molar-refractivity contribution in [3.8, 4) is 11.5 Å². The number of anilines is 2. The molecule has 0 unspecified atom stereocenters. The molecule has 166 valence electrons. The highest BCUT2D eigenvalue weighted by Gasteiger charge is 2.13. The molecule has 3 aromatic rings. The van der Waals surface area contributed by atoms with Gasteiger partial charge in [0.2, 0.25) is 5.91 Å². The lowest BCUT2D eigenvalue weighted by molar-refractivity contribution is -0.113. The molecule has 0 aliphatic rings. The van der Waals surface area contributed by atoms with E-state index in [0.29, 0.717) is 33.5 Å². The largest absolute Gasteiger partial charge is 0.495 e. The van der Waals surface area contributed by atoms with Gasteiger partial charge in [-0.15, -0.1) is 11.8 Å². The molecule has 0 heterocycles. The van der Waals surface area contributed by atoms with Crippen molar-refractivity contribution in [3.05, 3.63) is 76.8 Å². The zero-order chi connectivity index (χ0) is 23.1. The summed E-state index contributed by atoms with van der Waals surface area (Å²) in [5.41, 5.74) is 2.71. The zero-order valence-corrected chi connectivity index (χ0v) is 19.5. The Labute approximate surface area is 196 Å². The standard InChI is InChI=1S/C24H23ClN2O4S/c1-15-6-4-5-7-18(15)24(29)26-16-8-10-17(11-9-16)32-14-23(28)27-20-12-19(25)21(30-2)13-22(20)31-3/h4-13H,14H2,1-3H3,(H,26,29)(H,27,28). The third-order valence-electron chi connectivity index (χ3n) is 4.62. The number of methoxy groups -OCH3 is 2. The summed E-state index contributed by atoms with van der Waals surface area (Å²) >= 11 is 7.52. The lowest BCUT2D eigenvalue weighted by Crippen LogP contribution is -2.15. The fourth-order valence-corrected chi connectivity index (χ4v) is 3.89. The monoisotopic (exact) mass is 470 g/mol. The van der Waals surface area contributed by atoms with Crippen LogP contribution in [0.25, 0.3) is 0 Å². The molecule has 0 aromatic heterocycles. The van der Waals surface area contributed by atoms with Gasteiger partial charge in [-0.05, 0) is 48.9 Å². The summed E-state index contributed by atoms with van der Waals surface area (Å²) < 4.78 is 10.5. The van der Waals surface area contributed by atoms with Gasteiger partial charge in [-0.25, -0.2) is 0 Å². The lowest BCUT2D eigenvalue weighted by Gasteiger charge is -2.13. The van der Waals surface area contributed by atoms with Gasteiger partial charge in [-0.1, -0.05) is 29.8 Å². The molecule has 6 nitrogen and oxygen atoms in total. The second-order valence-corrected chi connectivity index (χ2v) is 8.27. The van der Waals surface area contributed by atoms with E-state index in [1.54, 1.807) is 18.2 Å². The molecule has 0 atom stereocenters. The summed E-state index contributed by atoms with van der Waals surface area (Å²) in [5.74, 6) is 0.757. The van der Waals surface area contributed by atoms with Crippen LogP contribution in [0, 0.1) is 6.92 Å². The van der Waals surface area contributed by atoms with Crippen LogP contribution >= 0.6 is 23.4 Å². The van der Waals surface area contributed by atoms with E-state index in [9.17, 15) is 9.59 Å². The summed E-state index contributed by atoms with van der Waals surface area (Å²) in [6.45, 7) is 1.90. The number of hydrogen-bond donors (Lipinski definition) is 2. The molecular weight excluding hydrogens is 448 g/mol. The van der Waals surface area contributed by atoms with Gasteiger partial charge >= 0.3 is 0 Å². The maximum Gasteiger partial charge on any atom is 0.255 e. The van der Waals surface area contributed by atoms with Gasteiger partial charge in [0, 0.05) is 22.2 Å². The van der Waals surface area contributed by atoms with Gasteiger partial charge in [-0.3, -0.25) is 9.59 Å². The topological polar surface area (TPSA) is 76.7 Å². The molecule has 0 radical (unpaired) electrons. The van der Waals surface area contributed by atoms with Crippen molar-refractivity contribution < 1.29 is 19.1 Å². The fraction of sp³-hybridized carbons (Fsp3) is 0.167. The van der Waals surface area contributed by atoms with Crippen LogP contribution < -0.4 is 20.1 Å². The predicted molar refractivity (Wildman–Crippen MR) is 129 cm³/mol. The Kier molecular flexibility index (Phi) is 8.03. The van der Waals surface area contributed by atoms with Crippen LogP contribution in [0.3, 0.4) is 0 Å². The van der Waals surface area contributed by atoms with Gasteiger partial charge in [0.15, 0.2) is 0 Å². The first kappa shape index (κ1) is 23.5. The average molecular weight is 471 g/mol. The second kappa shape index (κ2) is 10.9. The number of halogens is 1. The Morgan fingerprint density at radius 3 is 2.28 bits per heavy atom. The first-order chi connectivity index (χ1) is 15.4.